The average Bonchev–Trinajstić information content (AvgIpc) is 2.86. The van der Waals surface area contributed by atoms with Crippen LogP contribution in [-0.2, 0) is 5.75 Å². The maximum atomic E-state index is 4.94. The Kier molecular flexibility index (Phi) is 3.24. The second kappa shape index (κ2) is 4.64. The Balaban J connectivity index is 1.81. The smallest absolute Gasteiger partial charge is 0.250 e. The summed E-state index contributed by atoms with van der Waals surface area (Å²) in [6.07, 6.45) is 7.02. The second-order valence-corrected chi connectivity index (χ2v) is 4.76. The highest BCUT2D eigenvalue weighted by molar-refractivity contribution is 7.99. The molecule has 0 radical (unpaired) electrons. The lowest BCUT2D eigenvalue weighted by Crippen LogP contribution is -1.95. The molecule has 1 aliphatic rings. The summed E-state index contributed by atoms with van der Waals surface area (Å²) in [7, 11) is 0. The van der Waals surface area contributed by atoms with Crippen molar-refractivity contribution in [3.63, 3.8) is 0 Å². The lowest BCUT2D eigenvalue weighted by Gasteiger charge is -2.04. The normalized spacial score (nSPS) is 17.4. The van der Waals surface area contributed by atoms with Gasteiger partial charge in [0.05, 0.1) is 5.75 Å². The van der Waals surface area contributed by atoms with Gasteiger partial charge in [-0.2, -0.15) is 16.7 Å². The summed E-state index contributed by atoms with van der Waals surface area (Å²) in [5.41, 5.74) is 0. The first-order valence-corrected chi connectivity index (χ1v) is 6.00. The van der Waals surface area contributed by atoms with Gasteiger partial charge in [0.25, 0.3) is 0 Å². The lowest BCUT2D eigenvalue weighted by atomic mass is 10.4. The zero-order valence-electron chi connectivity index (χ0n) is 8.11. The van der Waals surface area contributed by atoms with Crippen LogP contribution in [0.25, 0.3) is 6.08 Å². The summed E-state index contributed by atoms with van der Waals surface area (Å²) in [6, 6.07) is 0. The molecule has 1 aliphatic carbocycles. The molecule has 0 saturated heterocycles. The lowest BCUT2D eigenvalue weighted by molar-refractivity contribution is 0.405. The summed E-state index contributed by atoms with van der Waals surface area (Å²) in [4.78, 5) is 4.17. The fourth-order valence-corrected chi connectivity index (χ4v) is 2.83. The van der Waals surface area contributed by atoms with Crippen molar-refractivity contribution >= 4 is 17.8 Å². The maximum absolute atomic E-state index is 4.94. The summed E-state index contributed by atoms with van der Waals surface area (Å²) in [6.45, 7) is 3.58. The molecule has 0 bridgehead atoms. The predicted octanol–water partition coefficient (Wildman–Crippen LogP) is 2.89. The second-order valence-electron chi connectivity index (χ2n) is 3.47. The van der Waals surface area contributed by atoms with Gasteiger partial charge in [0.2, 0.25) is 5.89 Å². The molecule has 14 heavy (non-hydrogen) atoms. The Hall–Kier alpha value is -0.770. The van der Waals surface area contributed by atoms with Crippen LogP contribution in [0, 0.1) is 0 Å². The molecule has 4 heteroatoms. The standard InChI is InChI=1S/C10H14N2OS/c1-2-10-11-9(12-13-10)7-14-8-5-3-4-6-8/h2,8H,1,3-7H2. The molecule has 0 unspecified atom stereocenters. The predicted molar refractivity (Wildman–Crippen MR) is 57.9 cm³/mol. The van der Waals surface area contributed by atoms with Crippen molar-refractivity contribution in [2.45, 2.75) is 36.7 Å². The third kappa shape index (κ3) is 2.38. The van der Waals surface area contributed by atoms with E-state index in [1.807, 2.05) is 11.8 Å². The van der Waals surface area contributed by atoms with Crippen molar-refractivity contribution in [2.75, 3.05) is 0 Å². The van der Waals surface area contributed by atoms with Gasteiger partial charge in [-0.1, -0.05) is 24.6 Å². The Bertz CT molecular complexity index is 305. The Morgan fingerprint density at radius 3 is 2.93 bits per heavy atom. The minimum absolute atomic E-state index is 0.520. The highest BCUT2D eigenvalue weighted by Crippen LogP contribution is 2.30. The summed E-state index contributed by atoms with van der Waals surface area (Å²) < 4.78 is 4.94. The summed E-state index contributed by atoms with van der Waals surface area (Å²) >= 11 is 1.94. The minimum atomic E-state index is 0.520. The van der Waals surface area contributed by atoms with Gasteiger partial charge in [-0.3, -0.25) is 0 Å². The van der Waals surface area contributed by atoms with Crippen LogP contribution in [0.2, 0.25) is 0 Å². The molecule has 1 aromatic heterocycles. The number of nitrogens with zero attached hydrogens (tertiary/aromatic N) is 2. The van der Waals surface area contributed by atoms with Gasteiger partial charge in [-0.05, 0) is 18.9 Å². The van der Waals surface area contributed by atoms with Crippen molar-refractivity contribution in [3.8, 4) is 0 Å². The number of rotatable bonds is 4. The average molecular weight is 210 g/mol. The zero-order valence-corrected chi connectivity index (χ0v) is 8.92. The fourth-order valence-electron chi connectivity index (χ4n) is 1.66. The van der Waals surface area contributed by atoms with Crippen molar-refractivity contribution in [3.05, 3.63) is 18.3 Å². The first-order chi connectivity index (χ1) is 6.88. The highest BCUT2D eigenvalue weighted by Gasteiger charge is 2.16. The molecule has 1 saturated carbocycles. The largest absolute Gasteiger partial charge is 0.335 e. The van der Waals surface area contributed by atoms with Gasteiger partial charge in [0.1, 0.15) is 0 Å². The van der Waals surface area contributed by atoms with Gasteiger partial charge < -0.3 is 4.52 Å². The quantitative estimate of drug-likeness (QED) is 0.766. The molecular weight excluding hydrogens is 196 g/mol. The van der Waals surface area contributed by atoms with Gasteiger partial charge in [0.15, 0.2) is 5.82 Å². The van der Waals surface area contributed by atoms with E-state index in [0.29, 0.717) is 5.89 Å². The van der Waals surface area contributed by atoms with E-state index < -0.39 is 0 Å². The van der Waals surface area contributed by atoms with E-state index in [4.69, 9.17) is 4.52 Å². The van der Waals surface area contributed by atoms with Crippen molar-refractivity contribution in [1.29, 1.82) is 0 Å². The van der Waals surface area contributed by atoms with Crippen molar-refractivity contribution < 1.29 is 4.52 Å². The minimum Gasteiger partial charge on any atom is -0.335 e. The molecule has 0 atom stereocenters. The van der Waals surface area contributed by atoms with E-state index in [1.165, 1.54) is 25.7 Å². The first-order valence-electron chi connectivity index (χ1n) is 4.95. The van der Waals surface area contributed by atoms with Crippen molar-refractivity contribution in [2.24, 2.45) is 0 Å². The topological polar surface area (TPSA) is 38.9 Å². The molecule has 76 valence electrons. The Labute approximate surface area is 88.0 Å². The molecule has 1 aromatic rings. The third-order valence-corrected chi connectivity index (χ3v) is 3.78. The van der Waals surface area contributed by atoms with Crippen LogP contribution in [0.15, 0.2) is 11.1 Å². The van der Waals surface area contributed by atoms with Crippen molar-refractivity contribution in [1.82, 2.24) is 10.1 Å². The van der Waals surface area contributed by atoms with E-state index in [2.05, 4.69) is 16.7 Å². The summed E-state index contributed by atoms with van der Waals surface area (Å²) in [5.74, 6) is 2.17. The number of hydrogen-bond donors (Lipinski definition) is 0. The van der Waals surface area contributed by atoms with Crippen LogP contribution in [0.4, 0.5) is 0 Å². The molecular formula is C10H14N2OS. The molecule has 0 aliphatic heterocycles. The monoisotopic (exact) mass is 210 g/mol. The Morgan fingerprint density at radius 2 is 2.29 bits per heavy atom. The molecule has 0 aromatic carbocycles. The summed E-state index contributed by atoms with van der Waals surface area (Å²) in [5, 5.41) is 4.68. The fraction of sp³-hybridized carbons (Fsp3) is 0.600. The maximum Gasteiger partial charge on any atom is 0.250 e. The number of aromatic nitrogens is 2. The Morgan fingerprint density at radius 1 is 1.50 bits per heavy atom. The van der Waals surface area contributed by atoms with Gasteiger partial charge in [-0.15, -0.1) is 0 Å². The van der Waals surface area contributed by atoms with Gasteiger partial charge >= 0.3 is 0 Å². The molecule has 1 fully saturated rings. The van der Waals surface area contributed by atoms with E-state index in [9.17, 15) is 0 Å². The number of thioether (sulfide) groups is 1. The van der Waals surface area contributed by atoms with E-state index in [-0.39, 0.29) is 0 Å². The van der Waals surface area contributed by atoms with E-state index >= 15 is 0 Å². The number of hydrogen-bond acceptors (Lipinski definition) is 4. The van der Waals surface area contributed by atoms with Gasteiger partial charge in [-0.25, -0.2) is 0 Å². The molecule has 1 heterocycles. The van der Waals surface area contributed by atoms with E-state index in [1.54, 1.807) is 6.08 Å². The SMILES string of the molecule is C=Cc1nc(CSC2CCCC2)no1. The third-order valence-electron chi connectivity index (χ3n) is 2.41. The van der Waals surface area contributed by atoms with E-state index in [0.717, 1.165) is 16.8 Å². The molecule has 0 N–H and O–H groups in total. The highest BCUT2D eigenvalue weighted by atomic mass is 32.2. The molecule has 0 amide bonds. The molecule has 2 rings (SSSR count). The van der Waals surface area contributed by atoms with Crippen LogP contribution < -0.4 is 0 Å². The van der Waals surface area contributed by atoms with Crippen LogP contribution in [0.5, 0.6) is 0 Å². The van der Waals surface area contributed by atoms with Crippen LogP contribution in [-0.4, -0.2) is 15.4 Å². The first kappa shape index (κ1) is 9.77. The molecule has 3 nitrogen and oxygen atoms in total. The molecule has 0 spiro atoms. The van der Waals surface area contributed by atoms with Crippen LogP contribution >= 0.6 is 11.8 Å². The van der Waals surface area contributed by atoms with Crippen LogP contribution in [0.1, 0.15) is 37.4 Å². The van der Waals surface area contributed by atoms with Crippen LogP contribution in [0.3, 0.4) is 0 Å². The zero-order chi connectivity index (χ0) is 9.80. The van der Waals surface area contributed by atoms with Gasteiger partial charge in [0, 0.05) is 5.25 Å².